The van der Waals surface area contributed by atoms with E-state index in [9.17, 15) is 9.18 Å². The van der Waals surface area contributed by atoms with Crippen molar-refractivity contribution in [1.82, 2.24) is 19.7 Å². The third-order valence-corrected chi connectivity index (χ3v) is 7.98. The molecule has 6 aromatic rings. The Hall–Kier alpha value is -4.08. The first-order valence-corrected chi connectivity index (χ1v) is 13.7. The van der Waals surface area contributed by atoms with Gasteiger partial charge in [-0.05, 0) is 67.8 Å². The lowest BCUT2D eigenvalue weighted by Crippen LogP contribution is -2.05. The van der Waals surface area contributed by atoms with Crippen molar-refractivity contribution in [3.8, 4) is 27.7 Å². The van der Waals surface area contributed by atoms with Crippen LogP contribution in [0.1, 0.15) is 21.7 Å². The van der Waals surface area contributed by atoms with Gasteiger partial charge in [-0.2, -0.15) is 0 Å². The number of para-hydroxylation sites is 1. The van der Waals surface area contributed by atoms with Crippen molar-refractivity contribution in [3.63, 3.8) is 0 Å². The molecule has 0 bridgehead atoms. The number of aromatic nitrogens is 4. The Morgan fingerprint density at radius 1 is 1.03 bits per heavy atom. The molecule has 4 aromatic heterocycles. The highest BCUT2D eigenvalue weighted by Crippen LogP contribution is 2.34. The molecule has 0 amide bonds. The van der Waals surface area contributed by atoms with Crippen LogP contribution in [0.5, 0.6) is 0 Å². The van der Waals surface area contributed by atoms with Crippen molar-refractivity contribution in [2.24, 2.45) is 0 Å². The molecule has 0 saturated carbocycles. The molecule has 0 aliphatic carbocycles. The average Bonchev–Trinajstić information content (AvgIpc) is 3.69. The van der Waals surface area contributed by atoms with Crippen molar-refractivity contribution < 1.29 is 13.6 Å². The quantitative estimate of drug-likeness (QED) is 0.154. The summed E-state index contributed by atoms with van der Waals surface area (Å²) in [6.07, 6.45) is 0. The SMILES string of the molecule is Cc1cc(C(=O)CSc2nnc(-c3cc(-c4cccs4)nc4ccccc34)o2)c(C)n1-c1ccc(F)cc1. The molecule has 6 nitrogen and oxygen atoms in total. The van der Waals surface area contributed by atoms with E-state index in [4.69, 9.17) is 9.40 Å². The Kier molecular flexibility index (Phi) is 6.39. The molecule has 0 atom stereocenters. The molecule has 0 unspecified atom stereocenters. The Labute approximate surface area is 226 Å². The van der Waals surface area contributed by atoms with E-state index in [0.29, 0.717) is 16.7 Å². The van der Waals surface area contributed by atoms with Crippen molar-refractivity contribution in [2.75, 3.05) is 5.75 Å². The van der Waals surface area contributed by atoms with Crippen LogP contribution in [0, 0.1) is 19.7 Å². The van der Waals surface area contributed by atoms with Crippen LogP contribution < -0.4 is 0 Å². The lowest BCUT2D eigenvalue weighted by atomic mass is 10.1. The van der Waals surface area contributed by atoms with Gasteiger partial charge < -0.3 is 8.98 Å². The standard InChI is InChI=1S/C29H21FN4O2S2/c1-17-14-22(18(2)34(17)20-11-9-19(30)10-12-20)26(35)16-38-29-33-32-28(36-29)23-15-25(27-8-5-13-37-27)31-24-7-4-3-6-21(23)24/h3-15H,16H2,1-2H3. The van der Waals surface area contributed by atoms with Gasteiger partial charge in [-0.3, -0.25) is 4.79 Å². The Balaban J connectivity index is 1.24. The summed E-state index contributed by atoms with van der Waals surface area (Å²) in [5.41, 5.74) is 5.60. The van der Waals surface area contributed by atoms with Crippen molar-refractivity contribution in [3.05, 3.63) is 101 Å². The van der Waals surface area contributed by atoms with Gasteiger partial charge in [0.1, 0.15) is 5.82 Å². The maximum absolute atomic E-state index is 13.4. The van der Waals surface area contributed by atoms with Gasteiger partial charge in [0.15, 0.2) is 5.78 Å². The fourth-order valence-electron chi connectivity index (χ4n) is 4.52. The molecular formula is C29H21FN4O2S2. The molecule has 0 spiro atoms. The number of hydrogen-bond donors (Lipinski definition) is 0. The summed E-state index contributed by atoms with van der Waals surface area (Å²) in [7, 11) is 0. The van der Waals surface area contributed by atoms with Crippen LogP contribution in [-0.2, 0) is 0 Å². The summed E-state index contributed by atoms with van der Waals surface area (Å²) >= 11 is 2.82. The van der Waals surface area contributed by atoms with Crippen LogP contribution in [0.2, 0.25) is 0 Å². The van der Waals surface area contributed by atoms with E-state index in [2.05, 4.69) is 10.2 Å². The number of thiophene rings is 1. The van der Waals surface area contributed by atoms with E-state index in [1.54, 1.807) is 23.5 Å². The number of aryl methyl sites for hydroxylation is 1. The maximum Gasteiger partial charge on any atom is 0.277 e. The van der Waals surface area contributed by atoms with Crippen LogP contribution in [0.3, 0.4) is 0 Å². The molecule has 38 heavy (non-hydrogen) atoms. The first kappa shape index (κ1) is 24.3. The maximum atomic E-state index is 13.4. The second-order valence-electron chi connectivity index (χ2n) is 8.73. The molecule has 0 fully saturated rings. The number of ketones is 1. The summed E-state index contributed by atoms with van der Waals surface area (Å²) in [6, 6.07) is 21.9. The Morgan fingerprint density at radius 2 is 1.84 bits per heavy atom. The number of carbonyl (C=O) groups is 1. The van der Waals surface area contributed by atoms with Gasteiger partial charge in [0, 0.05) is 28.0 Å². The van der Waals surface area contributed by atoms with Crippen molar-refractivity contribution in [2.45, 2.75) is 19.1 Å². The van der Waals surface area contributed by atoms with Crippen LogP contribution >= 0.6 is 23.1 Å². The van der Waals surface area contributed by atoms with Crippen LogP contribution in [0.4, 0.5) is 4.39 Å². The Morgan fingerprint density at radius 3 is 2.63 bits per heavy atom. The molecular weight excluding hydrogens is 519 g/mol. The molecule has 9 heteroatoms. The first-order chi connectivity index (χ1) is 18.5. The fourth-order valence-corrected chi connectivity index (χ4v) is 5.85. The molecule has 0 aliphatic rings. The minimum atomic E-state index is -0.301. The number of Topliss-reactive ketones (excluding diaryl/α,β-unsaturated/α-hetero) is 1. The van der Waals surface area contributed by atoms with Gasteiger partial charge in [-0.25, -0.2) is 9.37 Å². The minimum Gasteiger partial charge on any atom is -0.411 e. The molecule has 0 radical (unpaired) electrons. The van der Waals surface area contributed by atoms with E-state index in [-0.39, 0.29) is 17.4 Å². The predicted octanol–water partition coefficient (Wildman–Crippen LogP) is 7.53. The molecule has 0 N–H and O–H groups in total. The number of pyridine rings is 1. The number of fused-ring (bicyclic) bond motifs is 1. The van der Waals surface area contributed by atoms with E-state index < -0.39 is 0 Å². The van der Waals surface area contributed by atoms with E-state index in [1.807, 2.05) is 72.3 Å². The van der Waals surface area contributed by atoms with Gasteiger partial charge >= 0.3 is 0 Å². The zero-order valence-electron chi connectivity index (χ0n) is 20.5. The van der Waals surface area contributed by atoms with Gasteiger partial charge in [0.25, 0.3) is 5.22 Å². The molecule has 4 heterocycles. The normalized spacial score (nSPS) is 11.3. The predicted molar refractivity (Wildman–Crippen MR) is 149 cm³/mol. The number of benzene rings is 2. The average molecular weight is 541 g/mol. The summed E-state index contributed by atoms with van der Waals surface area (Å²) in [5.74, 6) is 0.175. The molecule has 0 saturated heterocycles. The van der Waals surface area contributed by atoms with Gasteiger partial charge in [-0.1, -0.05) is 36.0 Å². The van der Waals surface area contributed by atoms with Gasteiger partial charge in [0.05, 0.1) is 27.4 Å². The number of halogens is 1. The van der Waals surface area contributed by atoms with E-state index in [0.717, 1.165) is 44.1 Å². The highest BCUT2D eigenvalue weighted by molar-refractivity contribution is 7.99. The Bertz CT molecular complexity index is 1770. The largest absolute Gasteiger partial charge is 0.411 e. The molecule has 0 aliphatic heterocycles. The summed E-state index contributed by atoms with van der Waals surface area (Å²) in [5, 5.41) is 11.7. The van der Waals surface area contributed by atoms with E-state index >= 15 is 0 Å². The number of rotatable bonds is 7. The summed E-state index contributed by atoms with van der Waals surface area (Å²) < 4.78 is 21.3. The fraction of sp³-hybridized carbons (Fsp3) is 0.103. The van der Waals surface area contributed by atoms with Crippen LogP contribution in [-0.4, -0.2) is 31.3 Å². The molecule has 6 rings (SSSR count). The van der Waals surface area contributed by atoms with Crippen molar-refractivity contribution in [1.29, 1.82) is 0 Å². The van der Waals surface area contributed by atoms with Crippen LogP contribution in [0.15, 0.2) is 87.8 Å². The highest BCUT2D eigenvalue weighted by atomic mass is 32.2. The molecule has 2 aromatic carbocycles. The smallest absolute Gasteiger partial charge is 0.277 e. The number of thioether (sulfide) groups is 1. The number of hydrogen-bond acceptors (Lipinski definition) is 7. The summed E-state index contributed by atoms with van der Waals surface area (Å²) in [4.78, 5) is 19.0. The molecule has 188 valence electrons. The summed E-state index contributed by atoms with van der Waals surface area (Å²) in [6.45, 7) is 3.81. The monoisotopic (exact) mass is 540 g/mol. The number of nitrogens with zero attached hydrogens (tertiary/aromatic N) is 4. The number of carbonyl (C=O) groups excluding carboxylic acids is 1. The van der Waals surface area contributed by atoms with Gasteiger partial charge in [0.2, 0.25) is 5.89 Å². The lowest BCUT2D eigenvalue weighted by Gasteiger charge is -2.09. The topological polar surface area (TPSA) is 73.8 Å². The minimum absolute atomic E-state index is 0.0504. The zero-order chi connectivity index (χ0) is 26.2. The van der Waals surface area contributed by atoms with Crippen LogP contribution in [0.25, 0.3) is 38.6 Å². The first-order valence-electron chi connectivity index (χ1n) is 11.9. The second-order valence-corrected chi connectivity index (χ2v) is 10.6. The van der Waals surface area contributed by atoms with E-state index in [1.165, 1.54) is 23.9 Å². The van der Waals surface area contributed by atoms with Crippen molar-refractivity contribution >= 4 is 39.8 Å². The second kappa shape index (κ2) is 10.00. The third-order valence-electron chi connectivity index (χ3n) is 6.27. The lowest BCUT2D eigenvalue weighted by molar-refractivity contribution is 0.102. The highest BCUT2D eigenvalue weighted by Gasteiger charge is 2.20. The zero-order valence-corrected chi connectivity index (χ0v) is 22.1. The third kappa shape index (κ3) is 4.55. The van der Waals surface area contributed by atoms with Gasteiger partial charge in [-0.15, -0.1) is 21.5 Å².